The van der Waals surface area contributed by atoms with Crippen molar-refractivity contribution in [2.24, 2.45) is 5.73 Å². The lowest BCUT2D eigenvalue weighted by atomic mass is 10.3. The zero-order valence-corrected chi connectivity index (χ0v) is 9.39. The van der Waals surface area contributed by atoms with Gasteiger partial charge in [-0.25, -0.2) is 9.50 Å². The summed E-state index contributed by atoms with van der Waals surface area (Å²) in [6.45, 7) is 0. The Balaban J connectivity index is 2.53. The van der Waals surface area contributed by atoms with Crippen LogP contribution in [0.3, 0.4) is 0 Å². The molecule has 2 N–H and O–H groups in total. The molecule has 84 valence electrons. The Kier molecular flexibility index (Phi) is 1.96. The molecule has 3 aromatic rings. The Hall–Kier alpha value is -2.28. The van der Waals surface area contributed by atoms with Crippen molar-refractivity contribution in [3.8, 4) is 0 Å². The van der Waals surface area contributed by atoms with E-state index >= 15 is 0 Å². The molecule has 0 aliphatic carbocycles. The summed E-state index contributed by atoms with van der Waals surface area (Å²) in [6, 6.07) is 3.50. The highest BCUT2D eigenvalue weighted by molar-refractivity contribution is 7.80. The molecule has 0 unspecified atom stereocenters. The lowest BCUT2D eigenvalue weighted by Gasteiger charge is -2.05. The maximum absolute atomic E-state index is 12.0. The van der Waals surface area contributed by atoms with Crippen LogP contribution in [-0.4, -0.2) is 24.3 Å². The van der Waals surface area contributed by atoms with Crippen LogP contribution in [0.15, 0.2) is 35.5 Å². The minimum absolute atomic E-state index is 0.0115. The first-order chi connectivity index (χ1) is 8.18. The van der Waals surface area contributed by atoms with Crippen LogP contribution in [0.25, 0.3) is 16.6 Å². The van der Waals surface area contributed by atoms with E-state index in [0.717, 1.165) is 0 Å². The van der Waals surface area contributed by atoms with Crippen LogP contribution in [0.4, 0.5) is 0 Å². The first-order valence-electron chi connectivity index (χ1n) is 4.82. The van der Waals surface area contributed by atoms with Crippen molar-refractivity contribution < 1.29 is 0 Å². The van der Waals surface area contributed by atoms with Crippen LogP contribution in [0.1, 0.15) is 0 Å². The van der Waals surface area contributed by atoms with E-state index in [1.165, 1.54) is 17.0 Å². The fourth-order valence-electron chi connectivity index (χ4n) is 1.73. The molecular formula is C10H7N5OS. The Morgan fingerprint density at radius 3 is 3.00 bits per heavy atom. The summed E-state index contributed by atoms with van der Waals surface area (Å²) in [5.41, 5.74) is 6.52. The third-order valence-electron chi connectivity index (χ3n) is 2.52. The van der Waals surface area contributed by atoms with Crippen molar-refractivity contribution in [1.82, 2.24) is 19.2 Å². The summed E-state index contributed by atoms with van der Waals surface area (Å²) in [6.07, 6.45) is 4.67. The number of hydrogen-bond donors (Lipinski definition) is 1. The van der Waals surface area contributed by atoms with E-state index in [0.29, 0.717) is 16.6 Å². The van der Waals surface area contributed by atoms with Crippen molar-refractivity contribution in [3.63, 3.8) is 0 Å². The van der Waals surface area contributed by atoms with Crippen LogP contribution in [0, 0.1) is 0 Å². The second-order valence-electron chi connectivity index (χ2n) is 3.49. The highest BCUT2D eigenvalue weighted by Crippen LogP contribution is 2.09. The van der Waals surface area contributed by atoms with Gasteiger partial charge in [0.15, 0.2) is 10.8 Å². The predicted octanol–water partition coefficient (Wildman–Crippen LogP) is 0.136. The Labute approximate surface area is 100 Å². The first kappa shape index (κ1) is 9.91. The van der Waals surface area contributed by atoms with Gasteiger partial charge < -0.3 is 5.73 Å². The van der Waals surface area contributed by atoms with Crippen molar-refractivity contribution in [2.75, 3.05) is 0 Å². The molecular weight excluding hydrogens is 238 g/mol. The van der Waals surface area contributed by atoms with Gasteiger partial charge in [0.1, 0.15) is 0 Å². The number of nitrogens with two attached hydrogens (primary N) is 1. The van der Waals surface area contributed by atoms with Crippen LogP contribution >= 0.6 is 12.2 Å². The molecule has 0 aliphatic heterocycles. The highest BCUT2D eigenvalue weighted by Gasteiger charge is 2.08. The van der Waals surface area contributed by atoms with Gasteiger partial charge in [0.2, 0.25) is 0 Å². The third kappa shape index (κ3) is 1.32. The second kappa shape index (κ2) is 3.36. The minimum atomic E-state index is -0.292. The van der Waals surface area contributed by atoms with Crippen molar-refractivity contribution in [1.29, 1.82) is 0 Å². The molecule has 7 heteroatoms. The normalized spacial score (nSPS) is 11.1. The molecule has 0 aromatic carbocycles. The standard InChI is InChI=1S/C10H7N5OS/c11-10(17)14-4-2-7-6(9(14)16)5-12-8-1-3-13-15(7)8/h1-5H,(H2,11,17). The number of hydrogen-bond acceptors (Lipinski definition) is 4. The number of thiocarbonyl (C=S) groups is 1. The average Bonchev–Trinajstić information content (AvgIpc) is 2.77. The fraction of sp³-hybridized carbons (Fsp3) is 0. The summed E-state index contributed by atoms with van der Waals surface area (Å²) in [5.74, 6) is 0. The molecule has 0 atom stereocenters. The Morgan fingerprint density at radius 1 is 1.41 bits per heavy atom. The molecule has 17 heavy (non-hydrogen) atoms. The van der Waals surface area contributed by atoms with E-state index < -0.39 is 0 Å². The molecule has 0 radical (unpaired) electrons. The van der Waals surface area contributed by atoms with E-state index in [2.05, 4.69) is 10.1 Å². The smallest absolute Gasteiger partial charge is 0.267 e. The van der Waals surface area contributed by atoms with E-state index in [1.54, 1.807) is 22.8 Å². The van der Waals surface area contributed by atoms with Crippen molar-refractivity contribution >= 4 is 33.9 Å². The molecule has 0 fully saturated rings. The zero-order valence-electron chi connectivity index (χ0n) is 8.57. The average molecular weight is 245 g/mol. The molecule has 0 saturated heterocycles. The molecule has 0 saturated carbocycles. The van der Waals surface area contributed by atoms with Gasteiger partial charge in [-0.3, -0.25) is 9.36 Å². The van der Waals surface area contributed by atoms with Crippen LogP contribution < -0.4 is 11.3 Å². The molecule has 0 amide bonds. The van der Waals surface area contributed by atoms with Gasteiger partial charge in [0.05, 0.1) is 17.1 Å². The first-order valence-corrected chi connectivity index (χ1v) is 5.23. The molecule has 0 spiro atoms. The molecule has 0 bridgehead atoms. The van der Waals surface area contributed by atoms with Crippen molar-refractivity contribution in [3.05, 3.63) is 41.1 Å². The molecule has 3 aromatic heterocycles. The number of rotatable bonds is 0. The Bertz CT molecular complexity index is 803. The molecule has 0 aliphatic rings. The monoisotopic (exact) mass is 245 g/mol. The van der Waals surface area contributed by atoms with Crippen LogP contribution in [0.2, 0.25) is 0 Å². The van der Waals surface area contributed by atoms with E-state index in [-0.39, 0.29) is 10.7 Å². The summed E-state index contributed by atoms with van der Waals surface area (Å²) in [7, 11) is 0. The second-order valence-corrected chi connectivity index (χ2v) is 3.91. The van der Waals surface area contributed by atoms with Gasteiger partial charge in [-0.1, -0.05) is 0 Å². The lowest BCUT2D eigenvalue weighted by Crippen LogP contribution is -2.31. The number of nitrogens with zero attached hydrogens (tertiary/aromatic N) is 4. The van der Waals surface area contributed by atoms with E-state index in [4.69, 9.17) is 18.0 Å². The number of pyridine rings is 1. The van der Waals surface area contributed by atoms with Gasteiger partial charge in [0.25, 0.3) is 5.56 Å². The van der Waals surface area contributed by atoms with E-state index in [9.17, 15) is 4.79 Å². The summed E-state index contributed by atoms with van der Waals surface area (Å²) in [4.78, 5) is 16.2. The fourth-order valence-corrected chi connectivity index (χ4v) is 1.88. The maximum atomic E-state index is 12.0. The number of fused-ring (bicyclic) bond motifs is 3. The van der Waals surface area contributed by atoms with Gasteiger partial charge >= 0.3 is 0 Å². The number of aromatic nitrogens is 4. The third-order valence-corrected chi connectivity index (χ3v) is 2.72. The minimum Gasteiger partial charge on any atom is -0.376 e. The van der Waals surface area contributed by atoms with Gasteiger partial charge in [-0.05, 0) is 18.3 Å². The van der Waals surface area contributed by atoms with Crippen molar-refractivity contribution in [2.45, 2.75) is 0 Å². The molecule has 3 heterocycles. The summed E-state index contributed by atoms with van der Waals surface area (Å²) in [5, 5.41) is 4.54. The van der Waals surface area contributed by atoms with Crippen LogP contribution in [0.5, 0.6) is 0 Å². The molecule has 6 nitrogen and oxygen atoms in total. The topological polar surface area (TPSA) is 78.2 Å². The van der Waals surface area contributed by atoms with E-state index in [1.807, 2.05) is 0 Å². The maximum Gasteiger partial charge on any atom is 0.267 e. The quantitative estimate of drug-likeness (QED) is 0.570. The zero-order chi connectivity index (χ0) is 12.0. The Morgan fingerprint density at radius 2 is 2.24 bits per heavy atom. The van der Waals surface area contributed by atoms with Gasteiger partial charge in [0, 0.05) is 18.5 Å². The summed E-state index contributed by atoms with van der Waals surface area (Å²) >= 11 is 4.79. The lowest BCUT2D eigenvalue weighted by molar-refractivity contribution is 0.971. The van der Waals surface area contributed by atoms with Gasteiger partial charge in [-0.15, -0.1) is 0 Å². The highest BCUT2D eigenvalue weighted by atomic mass is 32.1. The van der Waals surface area contributed by atoms with Gasteiger partial charge in [-0.2, -0.15) is 5.10 Å². The SMILES string of the molecule is NC(=S)n1ccc2c(cnc3ccnn32)c1=O. The summed E-state index contributed by atoms with van der Waals surface area (Å²) < 4.78 is 2.80. The van der Waals surface area contributed by atoms with Crippen LogP contribution in [-0.2, 0) is 0 Å². The predicted molar refractivity (Wildman–Crippen MR) is 66.9 cm³/mol. The largest absolute Gasteiger partial charge is 0.376 e. The molecule has 3 rings (SSSR count).